The van der Waals surface area contributed by atoms with Crippen LogP contribution < -0.4 is 16.8 Å². The van der Waals surface area contributed by atoms with Crippen LogP contribution in [0.1, 0.15) is 42.7 Å². The van der Waals surface area contributed by atoms with E-state index in [1.165, 1.54) is 19.0 Å². The van der Waals surface area contributed by atoms with E-state index in [4.69, 9.17) is 11.5 Å². The maximum atomic E-state index is 13.1. The van der Waals surface area contributed by atoms with Crippen LogP contribution in [-0.4, -0.2) is 17.1 Å². The van der Waals surface area contributed by atoms with Crippen LogP contribution in [0.4, 0.5) is 5.69 Å². The van der Waals surface area contributed by atoms with E-state index < -0.39 is 0 Å². The Morgan fingerprint density at radius 1 is 1.17 bits per heavy atom. The van der Waals surface area contributed by atoms with Crippen LogP contribution in [0.2, 0.25) is 0 Å². The van der Waals surface area contributed by atoms with Gasteiger partial charge >= 0.3 is 0 Å². The first-order valence-corrected chi connectivity index (χ1v) is 9.80. The molecule has 1 amide bonds. The van der Waals surface area contributed by atoms with Crippen LogP contribution >= 0.6 is 0 Å². The maximum Gasteiger partial charge on any atom is 0.232 e. The SMILES string of the molecule is C=C(N)/N=C\C(=C/N)c1ccc(C(C(=O)Nc2ccncc2)C2CCCC2)cc1. The first-order chi connectivity index (χ1) is 14.1. The zero-order valence-electron chi connectivity index (χ0n) is 16.4. The minimum absolute atomic E-state index is 0.0198. The molecular formula is C23H27N5O. The number of nitrogens with zero attached hydrogens (tertiary/aromatic N) is 2. The van der Waals surface area contributed by atoms with Crippen molar-refractivity contribution >= 4 is 23.4 Å². The summed E-state index contributed by atoms with van der Waals surface area (Å²) in [6, 6.07) is 11.5. The molecule has 1 saturated carbocycles. The maximum absolute atomic E-state index is 13.1. The van der Waals surface area contributed by atoms with Gasteiger partial charge in [0.1, 0.15) is 5.82 Å². The second-order valence-corrected chi connectivity index (χ2v) is 7.24. The molecule has 1 atom stereocenters. The minimum Gasteiger partial charge on any atom is -0.404 e. The Morgan fingerprint density at radius 2 is 1.83 bits per heavy atom. The van der Waals surface area contributed by atoms with Crippen molar-refractivity contribution in [1.29, 1.82) is 0 Å². The van der Waals surface area contributed by atoms with Crippen molar-refractivity contribution in [1.82, 2.24) is 4.98 Å². The van der Waals surface area contributed by atoms with Gasteiger partial charge in [-0.05, 0) is 42.0 Å². The van der Waals surface area contributed by atoms with Gasteiger partial charge in [0.2, 0.25) is 5.91 Å². The molecule has 1 aliphatic carbocycles. The number of carbonyl (C=O) groups is 1. The van der Waals surface area contributed by atoms with E-state index in [9.17, 15) is 4.79 Å². The van der Waals surface area contributed by atoms with Crippen molar-refractivity contribution in [2.24, 2.45) is 22.4 Å². The van der Waals surface area contributed by atoms with Crippen LogP contribution in [-0.2, 0) is 4.79 Å². The summed E-state index contributed by atoms with van der Waals surface area (Å²) in [4.78, 5) is 21.2. The van der Waals surface area contributed by atoms with E-state index in [1.807, 2.05) is 24.3 Å². The largest absolute Gasteiger partial charge is 0.404 e. The number of aliphatic imine (C=N–C) groups is 1. The van der Waals surface area contributed by atoms with Crippen molar-refractivity contribution in [3.05, 3.63) is 78.5 Å². The van der Waals surface area contributed by atoms with Gasteiger partial charge in [-0.2, -0.15) is 0 Å². The van der Waals surface area contributed by atoms with Crippen molar-refractivity contribution < 1.29 is 4.79 Å². The Hall–Kier alpha value is -3.41. The molecule has 1 aromatic heterocycles. The lowest BCUT2D eigenvalue weighted by molar-refractivity contribution is -0.118. The number of pyridine rings is 1. The molecule has 1 aliphatic rings. The van der Waals surface area contributed by atoms with Crippen molar-refractivity contribution in [3.8, 4) is 0 Å². The van der Waals surface area contributed by atoms with Crippen molar-refractivity contribution in [2.45, 2.75) is 31.6 Å². The molecule has 3 rings (SSSR count). The lowest BCUT2D eigenvalue weighted by Gasteiger charge is -2.23. The molecule has 1 fully saturated rings. The molecule has 1 heterocycles. The normalized spacial score (nSPS) is 16.1. The zero-order valence-corrected chi connectivity index (χ0v) is 16.4. The Bertz CT molecular complexity index is 897. The van der Waals surface area contributed by atoms with Gasteiger partial charge in [-0.3, -0.25) is 9.78 Å². The monoisotopic (exact) mass is 389 g/mol. The molecule has 29 heavy (non-hydrogen) atoms. The number of benzene rings is 1. The molecule has 0 bridgehead atoms. The third-order valence-corrected chi connectivity index (χ3v) is 5.25. The van der Waals surface area contributed by atoms with Gasteiger partial charge in [0.25, 0.3) is 0 Å². The minimum atomic E-state index is -0.192. The molecule has 5 N–H and O–H groups in total. The van der Waals surface area contributed by atoms with E-state index in [-0.39, 0.29) is 17.6 Å². The summed E-state index contributed by atoms with van der Waals surface area (Å²) in [5, 5.41) is 3.04. The summed E-state index contributed by atoms with van der Waals surface area (Å²) in [6.45, 7) is 3.55. The third kappa shape index (κ3) is 5.31. The molecule has 6 heteroatoms. The van der Waals surface area contributed by atoms with Crippen LogP contribution in [0.5, 0.6) is 0 Å². The van der Waals surface area contributed by atoms with Gasteiger partial charge in [-0.25, -0.2) is 4.99 Å². The number of nitrogens with one attached hydrogen (secondary N) is 1. The molecule has 0 spiro atoms. The summed E-state index contributed by atoms with van der Waals surface area (Å²) in [7, 11) is 0. The molecule has 0 aliphatic heterocycles. The molecule has 2 aromatic rings. The predicted molar refractivity (Wildman–Crippen MR) is 118 cm³/mol. The number of anilines is 1. The Labute approximate surface area is 171 Å². The van der Waals surface area contributed by atoms with Crippen molar-refractivity contribution in [3.63, 3.8) is 0 Å². The molecule has 0 radical (unpaired) electrons. The number of hydrogen-bond donors (Lipinski definition) is 3. The third-order valence-electron chi connectivity index (χ3n) is 5.25. The highest BCUT2D eigenvalue weighted by Gasteiger charge is 2.32. The highest BCUT2D eigenvalue weighted by molar-refractivity contribution is 6.10. The van der Waals surface area contributed by atoms with Crippen molar-refractivity contribution in [2.75, 3.05) is 5.32 Å². The standard InChI is InChI=1S/C23H27N5O/c1-16(25)27-15-20(14-24)17-6-8-19(9-7-17)22(18-4-2-3-5-18)23(29)28-21-10-12-26-13-11-21/h6-15,18,22H,1-5,24-25H2,(H,26,28,29)/b20-14+,27-15-. The van der Waals surface area contributed by atoms with E-state index in [2.05, 4.69) is 21.9 Å². The van der Waals surface area contributed by atoms with Gasteiger partial charge in [-0.15, -0.1) is 0 Å². The fourth-order valence-electron chi connectivity index (χ4n) is 3.83. The predicted octanol–water partition coefficient (Wildman–Crippen LogP) is 3.79. The Kier molecular flexibility index (Phi) is 6.79. The zero-order chi connectivity index (χ0) is 20.6. The summed E-state index contributed by atoms with van der Waals surface area (Å²) in [5.74, 6) is 0.387. The molecule has 0 saturated heterocycles. The van der Waals surface area contributed by atoms with Gasteiger partial charge in [0.15, 0.2) is 0 Å². The van der Waals surface area contributed by atoms with E-state index in [0.29, 0.717) is 5.92 Å². The highest BCUT2D eigenvalue weighted by atomic mass is 16.1. The second kappa shape index (κ2) is 9.68. The molecule has 1 aromatic carbocycles. The second-order valence-electron chi connectivity index (χ2n) is 7.24. The number of allylic oxidation sites excluding steroid dienone is 1. The first-order valence-electron chi connectivity index (χ1n) is 9.80. The average Bonchev–Trinajstić information content (AvgIpc) is 3.24. The smallest absolute Gasteiger partial charge is 0.232 e. The summed E-state index contributed by atoms with van der Waals surface area (Å²) >= 11 is 0. The lowest BCUT2D eigenvalue weighted by atomic mass is 9.83. The van der Waals surface area contributed by atoms with Gasteiger partial charge in [-0.1, -0.05) is 43.7 Å². The number of carbonyl (C=O) groups excluding carboxylic acids is 1. The summed E-state index contributed by atoms with van der Waals surface area (Å²) in [5.41, 5.74) is 14.6. The van der Waals surface area contributed by atoms with E-state index >= 15 is 0 Å². The van der Waals surface area contributed by atoms with Crippen LogP contribution in [0, 0.1) is 5.92 Å². The number of hydrogen-bond acceptors (Lipinski definition) is 5. The highest BCUT2D eigenvalue weighted by Crippen LogP contribution is 2.38. The van der Waals surface area contributed by atoms with E-state index in [0.717, 1.165) is 35.2 Å². The summed E-state index contributed by atoms with van der Waals surface area (Å²) < 4.78 is 0. The number of rotatable bonds is 7. The molecule has 150 valence electrons. The number of aromatic nitrogens is 1. The first kappa shape index (κ1) is 20.3. The Morgan fingerprint density at radius 3 is 2.41 bits per heavy atom. The number of nitrogens with two attached hydrogens (primary N) is 2. The van der Waals surface area contributed by atoms with Gasteiger partial charge in [0, 0.05) is 36.1 Å². The molecule has 1 unspecified atom stereocenters. The topological polar surface area (TPSA) is 106 Å². The fraction of sp³-hybridized carbons (Fsp3) is 0.261. The lowest BCUT2D eigenvalue weighted by Crippen LogP contribution is -2.26. The Balaban J connectivity index is 1.84. The van der Waals surface area contributed by atoms with E-state index in [1.54, 1.807) is 30.7 Å². The average molecular weight is 390 g/mol. The molecular weight excluding hydrogens is 362 g/mol. The fourth-order valence-corrected chi connectivity index (χ4v) is 3.83. The van der Waals surface area contributed by atoms with Gasteiger partial charge < -0.3 is 16.8 Å². The quantitative estimate of drug-likeness (QED) is 0.626. The molecule has 6 nitrogen and oxygen atoms in total. The number of amides is 1. The van der Waals surface area contributed by atoms with Crippen LogP contribution in [0.25, 0.3) is 5.57 Å². The summed E-state index contributed by atoms with van der Waals surface area (Å²) in [6.07, 6.45) is 10.9. The van der Waals surface area contributed by atoms with Crippen LogP contribution in [0.3, 0.4) is 0 Å². The van der Waals surface area contributed by atoms with Crippen LogP contribution in [0.15, 0.2) is 72.4 Å². The van der Waals surface area contributed by atoms with Gasteiger partial charge in [0.05, 0.1) is 5.92 Å².